The first kappa shape index (κ1) is 12.2. The van der Waals surface area contributed by atoms with Crippen molar-refractivity contribution >= 4 is 5.91 Å². The molecule has 0 aromatic carbocycles. The maximum atomic E-state index is 10.9. The Hall–Kier alpha value is -0.830. The average Bonchev–Trinajstić information content (AvgIpc) is 2.00. The van der Waals surface area contributed by atoms with Gasteiger partial charge in [0.2, 0.25) is 0 Å². The largest absolute Gasteiger partial charge is 0.270 e. The predicted octanol–water partition coefficient (Wildman–Crippen LogP) is 1.47. The summed E-state index contributed by atoms with van der Waals surface area (Å²) >= 11 is 0. The molecular weight excluding hydrogens is 164 g/mol. The number of rotatable bonds is 6. The van der Waals surface area contributed by atoms with E-state index in [1.807, 2.05) is 13.1 Å². The van der Waals surface area contributed by atoms with Gasteiger partial charge in [0.15, 0.2) is 0 Å². The summed E-state index contributed by atoms with van der Waals surface area (Å²) in [4.78, 5) is 10.9. The quantitative estimate of drug-likeness (QED) is 0.379. The van der Waals surface area contributed by atoms with Crippen LogP contribution in [-0.2, 0) is 4.79 Å². The minimum Gasteiger partial charge on any atom is -0.270 e. The van der Waals surface area contributed by atoms with Gasteiger partial charge in [-0.2, -0.15) is 0 Å². The van der Waals surface area contributed by atoms with Crippen molar-refractivity contribution < 1.29 is 9.39 Å². The molecule has 1 atom stereocenters. The van der Waals surface area contributed by atoms with E-state index < -0.39 is 0 Å². The third kappa shape index (κ3) is 5.42. The average molecular weight is 185 g/mol. The summed E-state index contributed by atoms with van der Waals surface area (Å²) in [5, 5.41) is 0. The summed E-state index contributed by atoms with van der Waals surface area (Å²) in [6.07, 6.45) is 4.10. The molecule has 1 amide bonds. The number of hydrogen-bond acceptors (Lipinski definition) is 1. The van der Waals surface area contributed by atoms with Gasteiger partial charge in [-0.15, -0.1) is 0 Å². The first-order valence-electron chi connectivity index (χ1n) is 4.78. The van der Waals surface area contributed by atoms with Crippen molar-refractivity contribution in [2.75, 3.05) is 20.1 Å². The molecule has 0 spiro atoms. The second-order valence-corrected chi connectivity index (χ2v) is 3.61. The molecule has 0 aliphatic carbocycles. The van der Waals surface area contributed by atoms with Crippen LogP contribution in [0.15, 0.2) is 12.7 Å². The SMILES string of the molecule is C=CC[N+](C)(CCCC)NC(C)=O. The van der Waals surface area contributed by atoms with E-state index in [0.717, 1.165) is 25.9 Å². The number of quaternary nitrogens is 1. The standard InChI is InChI=1S/C10H20N2O/c1-5-7-9-12(4,8-6-2)11-10(3)13/h6H,2,5,7-9H2,1,3-4H3/p+1. The molecule has 0 heterocycles. The van der Waals surface area contributed by atoms with Gasteiger partial charge in [-0.05, 0) is 12.5 Å². The van der Waals surface area contributed by atoms with Gasteiger partial charge in [0, 0.05) is 6.92 Å². The number of nitrogens with zero attached hydrogens (tertiary/aromatic N) is 1. The second-order valence-electron chi connectivity index (χ2n) is 3.61. The topological polar surface area (TPSA) is 29.1 Å². The van der Waals surface area contributed by atoms with Crippen molar-refractivity contribution in [3.63, 3.8) is 0 Å². The fourth-order valence-electron chi connectivity index (χ4n) is 1.36. The fourth-order valence-corrected chi connectivity index (χ4v) is 1.36. The number of carbonyl (C=O) groups is 1. The number of hydrogen-bond donors (Lipinski definition) is 1. The highest BCUT2D eigenvalue weighted by Gasteiger charge is 2.20. The van der Waals surface area contributed by atoms with E-state index in [9.17, 15) is 4.79 Å². The van der Waals surface area contributed by atoms with Crippen LogP contribution in [-0.4, -0.2) is 30.6 Å². The summed E-state index contributed by atoms with van der Waals surface area (Å²) in [6.45, 7) is 9.12. The van der Waals surface area contributed by atoms with E-state index in [2.05, 4.69) is 18.9 Å². The Morgan fingerprint density at radius 1 is 1.62 bits per heavy atom. The normalized spacial score (nSPS) is 14.7. The molecule has 3 nitrogen and oxygen atoms in total. The van der Waals surface area contributed by atoms with Crippen molar-refractivity contribution in [2.24, 2.45) is 0 Å². The van der Waals surface area contributed by atoms with E-state index in [1.54, 1.807) is 6.92 Å². The molecule has 0 saturated carbocycles. The smallest absolute Gasteiger partial charge is 0.261 e. The molecule has 0 aromatic rings. The summed E-state index contributed by atoms with van der Waals surface area (Å²) < 4.78 is 0.562. The van der Waals surface area contributed by atoms with Crippen LogP contribution in [0.25, 0.3) is 0 Å². The molecule has 0 saturated heterocycles. The lowest BCUT2D eigenvalue weighted by Crippen LogP contribution is -2.57. The van der Waals surface area contributed by atoms with Crippen LogP contribution in [0, 0.1) is 0 Å². The Kier molecular flexibility index (Phi) is 5.39. The number of nitrogens with one attached hydrogen (secondary N) is 1. The van der Waals surface area contributed by atoms with Crippen LogP contribution in [0.4, 0.5) is 0 Å². The molecule has 0 fully saturated rings. The second kappa shape index (κ2) is 5.75. The Morgan fingerprint density at radius 3 is 2.62 bits per heavy atom. The monoisotopic (exact) mass is 185 g/mol. The summed E-state index contributed by atoms with van der Waals surface area (Å²) in [7, 11) is 2.01. The lowest BCUT2D eigenvalue weighted by Gasteiger charge is -2.32. The number of amides is 1. The van der Waals surface area contributed by atoms with Crippen molar-refractivity contribution in [3.8, 4) is 0 Å². The Labute approximate surface area is 81.0 Å². The molecule has 1 N–H and O–H groups in total. The van der Waals surface area contributed by atoms with E-state index in [-0.39, 0.29) is 5.91 Å². The van der Waals surface area contributed by atoms with Crippen LogP contribution < -0.4 is 5.43 Å². The highest BCUT2D eigenvalue weighted by molar-refractivity contribution is 5.71. The first-order valence-corrected chi connectivity index (χ1v) is 4.78. The Morgan fingerprint density at radius 2 is 2.23 bits per heavy atom. The van der Waals surface area contributed by atoms with Gasteiger partial charge < -0.3 is 0 Å². The molecule has 0 rings (SSSR count). The molecule has 0 aliphatic heterocycles. The number of likely N-dealkylation sites (N-methyl/N-ethyl adjacent to an activating group) is 1. The summed E-state index contributed by atoms with van der Waals surface area (Å²) in [5.74, 6) is 0.0143. The predicted molar refractivity (Wildman–Crippen MR) is 54.8 cm³/mol. The zero-order chi connectivity index (χ0) is 10.3. The third-order valence-electron chi connectivity index (χ3n) is 1.96. The van der Waals surface area contributed by atoms with Crippen molar-refractivity contribution in [1.29, 1.82) is 0 Å². The zero-order valence-corrected chi connectivity index (χ0v) is 8.97. The maximum Gasteiger partial charge on any atom is 0.261 e. The lowest BCUT2D eigenvalue weighted by atomic mass is 10.3. The van der Waals surface area contributed by atoms with E-state index in [1.165, 1.54) is 0 Å². The molecule has 0 radical (unpaired) electrons. The Balaban J connectivity index is 4.14. The van der Waals surface area contributed by atoms with Gasteiger partial charge in [0.25, 0.3) is 5.91 Å². The molecule has 76 valence electrons. The zero-order valence-electron chi connectivity index (χ0n) is 8.97. The van der Waals surface area contributed by atoms with Crippen LogP contribution in [0.5, 0.6) is 0 Å². The van der Waals surface area contributed by atoms with E-state index in [0.29, 0.717) is 4.59 Å². The number of unbranched alkanes of at least 4 members (excludes halogenated alkanes) is 1. The summed E-state index contributed by atoms with van der Waals surface area (Å²) in [5.41, 5.74) is 2.92. The van der Waals surface area contributed by atoms with Crippen molar-refractivity contribution in [3.05, 3.63) is 12.7 Å². The van der Waals surface area contributed by atoms with E-state index in [4.69, 9.17) is 0 Å². The molecule has 3 heteroatoms. The van der Waals surface area contributed by atoms with Crippen LogP contribution >= 0.6 is 0 Å². The molecule has 1 unspecified atom stereocenters. The van der Waals surface area contributed by atoms with Crippen LogP contribution in [0.2, 0.25) is 0 Å². The van der Waals surface area contributed by atoms with Crippen molar-refractivity contribution in [1.82, 2.24) is 5.43 Å². The fraction of sp³-hybridized carbons (Fsp3) is 0.700. The molecular formula is C10H21N2O+. The molecule has 13 heavy (non-hydrogen) atoms. The van der Waals surface area contributed by atoms with Gasteiger partial charge >= 0.3 is 0 Å². The minimum atomic E-state index is 0.0143. The highest BCUT2D eigenvalue weighted by Crippen LogP contribution is 2.01. The third-order valence-corrected chi connectivity index (χ3v) is 1.96. The van der Waals surface area contributed by atoms with Gasteiger partial charge in [-0.1, -0.05) is 19.9 Å². The first-order chi connectivity index (χ1) is 6.04. The highest BCUT2D eigenvalue weighted by atomic mass is 16.2. The van der Waals surface area contributed by atoms with Crippen LogP contribution in [0.3, 0.4) is 0 Å². The summed E-state index contributed by atoms with van der Waals surface area (Å²) in [6, 6.07) is 0. The lowest BCUT2D eigenvalue weighted by molar-refractivity contribution is -0.938. The van der Waals surface area contributed by atoms with Crippen molar-refractivity contribution in [2.45, 2.75) is 26.7 Å². The molecule has 0 aliphatic rings. The molecule has 0 bridgehead atoms. The van der Waals surface area contributed by atoms with Crippen LogP contribution in [0.1, 0.15) is 26.7 Å². The number of carbonyl (C=O) groups excluding carboxylic acids is 1. The van der Waals surface area contributed by atoms with Gasteiger partial charge in [-0.25, -0.2) is 10.0 Å². The van der Waals surface area contributed by atoms with E-state index >= 15 is 0 Å². The Bertz CT molecular complexity index is 180. The maximum absolute atomic E-state index is 10.9. The van der Waals surface area contributed by atoms with Gasteiger partial charge in [-0.3, -0.25) is 4.79 Å². The van der Waals surface area contributed by atoms with Gasteiger partial charge in [0.05, 0.1) is 7.05 Å². The van der Waals surface area contributed by atoms with Gasteiger partial charge in [0.1, 0.15) is 13.1 Å². The molecule has 0 aromatic heterocycles. The minimum absolute atomic E-state index is 0.0143.